The van der Waals surface area contributed by atoms with Crippen molar-refractivity contribution in [2.45, 2.75) is 0 Å². The first-order valence-electron chi connectivity index (χ1n) is 9.88. The van der Waals surface area contributed by atoms with Crippen LogP contribution >= 0.6 is 24.0 Å². The lowest BCUT2D eigenvalue weighted by Gasteiger charge is -2.14. The van der Waals surface area contributed by atoms with Crippen LogP contribution in [0.4, 0.5) is 22.7 Å². The van der Waals surface area contributed by atoms with Crippen molar-refractivity contribution < 1.29 is 24.3 Å². The summed E-state index contributed by atoms with van der Waals surface area (Å²) >= 11 is 6.33. The second kappa shape index (κ2) is 9.89. The van der Waals surface area contributed by atoms with Gasteiger partial charge in [-0.3, -0.25) is 40.0 Å². The van der Waals surface area contributed by atoms with Gasteiger partial charge in [0.25, 0.3) is 17.3 Å². The third-order valence-corrected chi connectivity index (χ3v) is 6.19. The van der Waals surface area contributed by atoms with Crippen LogP contribution in [0.2, 0.25) is 0 Å². The van der Waals surface area contributed by atoms with Crippen LogP contribution in [0.25, 0.3) is 6.08 Å². The zero-order valence-electron chi connectivity index (χ0n) is 17.8. The van der Waals surface area contributed by atoms with Crippen molar-refractivity contribution in [3.05, 3.63) is 108 Å². The van der Waals surface area contributed by atoms with Crippen LogP contribution in [0.3, 0.4) is 0 Å². The topological polar surface area (TPSA) is 159 Å². The highest BCUT2D eigenvalue weighted by Crippen LogP contribution is 2.39. The summed E-state index contributed by atoms with van der Waals surface area (Å²) < 4.78 is 5.93. The van der Waals surface area contributed by atoms with Crippen LogP contribution in [0, 0.1) is 30.3 Å². The second-order valence-corrected chi connectivity index (χ2v) is 8.77. The predicted octanol–water partition coefficient (Wildman–Crippen LogP) is 5.61. The van der Waals surface area contributed by atoms with Gasteiger partial charge >= 0.3 is 5.69 Å². The van der Waals surface area contributed by atoms with E-state index in [9.17, 15) is 35.1 Å². The zero-order chi connectivity index (χ0) is 26.0. The van der Waals surface area contributed by atoms with E-state index in [2.05, 4.69) is 0 Å². The number of nitro benzene ring substituents is 3. The van der Waals surface area contributed by atoms with Crippen LogP contribution < -0.4 is 9.64 Å². The van der Waals surface area contributed by atoms with E-state index < -0.39 is 32.1 Å². The minimum absolute atomic E-state index is 0.133. The number of ether oxygens (including phenoxy) is 1. The summed E-state index contributed by atoms with van der Waals surface area (Å²) in [5.41, 5.74) is -0.432. The number of amides is 1. The molecule has 1 saturated heterocycles. The number of para-hydroxylation sites is 1. The number of benzene rings is 3. The minimum Gasteiger partial charge on any atom is -0.449 e. The fourth-order valence-corrected chi connectivity index (χ4v) is 4.50. The fraction of sp³-hybridized carbons (Fsp3) is 0. The molecule has 3 aromatic carbocycles. The summed E-state index contributed by atoms with van der Waals surface area (Å²) in [4.78, 5) is 45.8. The van der Waals surface area contributed by atoms with Gasteiger partial charge in [0.2, 0.25) is 5.75 Å². The Kier molecular flexibility index (Phi) is 6.71. The molecule has 0 bridgehead atoms. The number of carbonyl (C=O) groups excluding carboxylic acids is 1. The third-order valence-electron chi connectivity index (χ3n) is 4.89. The van der Waals surface area contributed by atoms with Crippen LogP contribution in [0.15, 0.2) is 71.6 Å². The Labute approximate surface area is 211 Å². The highest BCUT2D eigenvalue weighted by Gasteiger charge is 2.34. The van der Waals surface area contributed by atoms with Crippen LogP contribution in [0.5, 0.6) is 11.5 Å². The van der Waals surface area contributed by atoms with Crippen molar-refractivity contribution in [1.82, 2.24) is 0 Å². The smallest absolute Gasteiger partial charge is 0.318 e. The third kappa shape index (κ3) is 4.89. The molecule has 4 rings (SSSR count). The molecule has 0 aromatic heterocycles. The van der Waals surface area contributed by atoms with Crippen molar-refractivity contribution in [3.8, 4) is 11.5 Å². The molecular formula is C22H12N4O8S2. The van der Waals surface area contributed by atoms with Crippen LogP contribution in [-0.4, -0.2) is 25.0 Å². The first-order valence-corrected chi connectivity index (χ1v) is 11.1. The SMILES string of the molecule is O=C1/C(=C/c2ccccc2Oc2ccc([N+](=O)[O-])cc2[N+](=O)[O-])SC(=S)N1c1ccc([N+](=O)[O-])cc1. The van der Waals surface area contributed by atoms with Gasteiger partial charge in [-0.15, -0.1) is 0 Å². The van der Waals surface area contributed by atoms with E-state index in [4.69, 9.17) is 17.0 Å². The number of non-ortho nitro benzene ring substituents is 2. The number of nitrogens with zero attached hydrogens (tertiary/aromatic N) is 4. The molecule has 0 unspecified atom stereocenters. The molecule has 3 aromatic rings. The van der Waals surface area contributed by atoms with Gasteiger partial charge in [0.15, 0.2) is 4.32 Å². The Bertz CT molecular complexity index is 1470. The van der Waals surface area contributed by atoms with Crippen molar-refractivity contribution in [1.29, 1.82) is 0 Å². The second-order valence-electron chi connectivity index (χ2n) is 7.10. The van der Waals surface area contributed by atoms with E-state index in [1.165, 1.54) is 41.3 Å². The van der Waals surface area contributed by atoms with Crippen molar-refractivity contribution in [3.63, 3.8) is 0 Å². The van der Waals surface area contributed by atoms with Gasteiger partial charge in [-0.05, 0) is 30.3 Å². The molecule has 1 aliphatic heterocycles. The quantitative estimate of drug-likeness (QED) is 0.164. The molecule has 0 spiro atoms. The number of hydrogen-bond donors (Lipinski definition) is 0. The lowest BCUT2D eigenvalue weighted by molar-refractivity contribution is -0.394. The standard InChI is InChI=1S/C22H12N4O8S2/c27-21-20(36-22(35)23(21)14-5-7-15(8-6-14)24(28)29)11-13-3-1-2-4-18(13)34-19-10-9-16(25(30)31)12-17(19)26(32)33/h1-12H/b20-11-. The lowest BCUT2D eigenvalue weighted by Crippen LogP contribution is -2.27. The summed E-state index contributed by atoms with van der Waals surface area (Å²) in [7, 11) is 0. The number of thioether (sulfide) groups is 1. The Morgan fingerprint density at radius 1 is 0.833 bits per heavy atom. The number of carbonyl (C=O) groups is 1. The minimum atomic E-state index is -0.791. The molecule has 0 radical (unpaired) electrons. The lowest BCUT2D eigenvalue weighted by atomic mass is 10.1. The molecule has 0 saturated carbocycles. The van der Waals surface area contributed by atoms with Gasteiger partial charge in [0, 0.05) is 23.8 Å². The first kappa shape index (κ1) is 24.4. The molecule has 180 valence electrons. The monoisotopic (exact) mass is 524 g/mol. The maximum absolute atomic E-state index is 13.1. The summed E-state index contributed by atoms with van der Waals surface area (Å²) in [6.07, 6.45) is 1.50. The molecule has 0 N–H and O–H groups in total. The zero-order valence-corrected chi connectivity index (χ0v) is 19.4. The molecule has 14 heteroatoms. The van der Waals surface area contributed by atoms with Gasteiger partial charge in [0.1, 0.15) is 5.75 Å². The van der Waals surface area contributed by atoms with E-state index >= 15 is 0 Å². The van der Waals surface area contributed by atoms with E-state index in [0.29, 0.717) is 11.3 Å². The number of anilines is 1. The Morgan fingerprint density at radius 2 is 1.47 bits per heavy atom. The average molecular weight is 524 g/mol. The molecule has 1 heterocycles. The largest absolute Gasteiger partial charge is 0.449 e. The van der Waals surface area contributed by atoms with E-state index in [1.54, 1.807) is 18.2 Å². The number of rotatable bonds is 7. The van der Waals surface area contributed by atoms with Crippen LogP contribution in [0.1, 0.15) is 5.56 Å². The highest BCUT2D eigenvalue weighted by atomic mass is 32.2. The molecule has 1 amide bonds. The maximum Gasteiger partial charge on any atom is 0.318 e. The maximum atomic E-state index is 13.1. The Balaban J connectivity index is 1.65. The molecule has 0 atom stereocenters. The molecule has 12 nitrogen and oxygen atoms in total. The fourth-order valence-electron chi connectivity index (χ4n) is 3.21. The first-order chi connectivity index (χ1) is 17.2. The van der Waals surface area contributed by atoms with Gasteiger partial charge < -0.3 is 4.74 Å². The predicted molar refractivity (Wildman–Crippen MR) is 135 cm³/mol. The highest BCUT2D eigenvalue weighted by molar-refractivity contribution is 8.27. The number of nitro groups is 3. The molecule has 0 aliphatic carbocycles. The van der Waals surface area contributed by atoms with Gasteiger partial charge in [0.05, 0.1) is 31.4 Å². The Hall–Kier alpha value is -4.69. The summed E-state index contributed by atoms with van der Waals surface area (Å²) in [6.45, 7) is 0. The Morgan fingerprint density at radius 3 is 2.11 bits per heavy atom. The van der Waals surface area contributed by atoms with E-state index in [1.807, 2.05) is 0 Å². The molecular weight excluding hydrogens is 512 g/mol. The summed E-state index contributed by atoms with van der Waals surface area (Å²) in [5.74, 6) is -0.519. The average Bonchev–Trinajstić information content (AvgIpc) is 3.12. The van der Waals surface area contributed by atoms with Crippen molar-refractivity contribution in [2.24, 2.45) is 0 Å². The van der Waals surface area contributed by atoms with Crippen LogP contribution in [-0.2, 0) is 4.79 Å². The van der Waals surface area contributed by atoms with E-state index in [0.717, 1.165) is 30.0 Å². The number of hydrogen-bond acceptors (Lipinski definition) is 10. The van der Waals surface area contributed by atoms with E-state index in [-0.39, 0.29) is 26.4 Å². The molecule has 36 heavy (non-hydrogen) atoms. The van der Waals surface area contributed by atoms with Gasteiger partial charge in [-0.25, -0.2) is 0 Å². The summed E-state index contributed by atoms with van der Waals surface area (Å²) in [6, 6.07) is 14.8. The van der Waals surface area contributed by atoms with Crippen molar-refractivity contribution in [2.75, 3.05) is 4.90 Å². The summed E-state index contributed by atoms with van der Waals surface area (Å²) in [5, 5.41) is 33.3. The molecule has 1 fully saturated rings. The van der Waals surface area contributed by atoms with Gasteiger partial charge in [-0.2, -0.15) is 0 Å². The van der Waals surface area contributed by atoms with Gasteiger partial charge in [-0.1, -0.05) is 42.2 Å². The molecule has 1 aliphatic rings. The van der Waals surface area contributed by atoms with Crippen molar-refractivity contribution >= 4 is 63.0 Å². The normalized spacial score (nSPS) is 14.2. The number of thiocarbonyl (C=S) groups is 1.